The van der Waals surface area contributed by atoms with Crippen molar-refractivity contribution in [3.8, 4) is 0 Å². The number of carbonyl (C=O) groups is 1. The van der Waals surface area contributed by atoms with Gasteiger partial charge in [-0.2, -0.15) is 0 Å². The van der Waals surface area contributed by atoms with Gasteiger partial charge in [-0.1, -0.05) is 48.5 Å². The Labute approximate surface area is 143 Å². The van der Waals surface area contributed by atoms with Crippen LogP contribution in [0.15, 0.2) is 60.7 Å². The van der Waals surface area contributed by atoms with E-state index in [9.17, 15) is 4.79 Å². The van der Waals surface area contributed by atoms with Gasteiger partial charge >= 0.3 is 5.97 Å². The fourth-order valence-electron chi connectivity index (χ4n) is 4.33. The number of esters is 1. The number of nitrogens with zero attached hydrogens (tertiary/aromatic N) is 1. The second kappa shape index (κ2) is 6.40. The summed E-state index contributed by atoms with van der Waals surface area (Å²) in [6.45, 7) is 4.42. The summed E-state index contributed by atoms with van der Waals surface area (Å²) in [6.07, 6.45) is 2.39. The van der Waals surface area contributed by atoms with Crippen molar-refractivity contribution in [3.05, 3.63) is 71.8 Å². The first kappa shape index (κ1) is 15.4. The van der Waals surface area contributed by atoms with E-state index in [0.717, 1.165) is 17.6 Å². The van der Waals surface area contributed by atoms with E-state index in [-0.39, 0.29) is 12.1 Å². The Bertz CT molecular complexity index is 690. The van der Waals surface area contributed by atoms with Crippen molar-refractivity contribution in [2.24, 2.45) is 5.92 Å². The van der Waals surface area contributed by atoms with E-state index < -0.39 is 0 Å². The molecular weight excluding hydrogens is 298 g/mol. The lowest BCUT2D eigenvalue weighted by atomic mass is 9.83. The van der Waals surface area contributed by atoms with Gasteiger partial charge in [-0.25, -0.2) is 4.79 Å². The number of rotatable bonds is 4. The molecule has 3 heteroatoms. The highest BCUT2D eigenvalue weighted by Gasteiger charge is 2.47. The molecule has 2 aromatic rings. The highest BCUT2D eigenvalue weighted by Crippen LogP contribution is 2.37. The standard InChI is InChI=1S/C21H24NO2/c23-21(19-9-5-2-6-10-19)24-20-16-22(13-11-18(20)12-14-22)15-17-7-3-1-4-8-17/h1-10,18,20H,11-16H2/q+1/t18?,20-,22?/m0/s1. The Morgan fingerprint density at radius 2 is 1.58 bits per heavy atom. The van der Waals surface area contributed by atoms with Gasteiger partial charge < -0.3 is 9.22 Å². The number of carbonyl (C=O) groups excluding carboxylic acids is 1. The molecule has 0 N–H and O–H groups in total. The number of quaternary nitrogens is 1. The van der Waals surface area contributed by atoms with Gasteiger partial charge in [0.15, 0.2) is 6.10 Å². The van der Waals surface area contributed by atoms with Crippen LogP contribution in [0.3, 0.4) is 0 Å². The SMILES string of the molecule is O=C(O[C@H]1C[N+]2(Cc3ccccc3)CCC1CC2)c1ccccc1. The van der Waals surface area contributed by atoms with Gasteiger partial charge in [-0.05, 0) is 12.1 Å². The number of piperidine rings is 3. The summed E-state index contributed by atoms with van der Waals surface area (Å²) < 4.78 is 6.98. The molecule has 0 aromatic heterocycles. The van der Waals surface area contributed by atoms with E-state index in [2.05, 4.69) is 30.3 Å². The number of ether oxygens (including phenoxy) is 1. The average Bonchev–Trinajstić information content (AvgIpc) is 2.64. The van der Waals surface area contributed by atoms with Crippen LogP contribution in [-0.4, -0.2) is 36.2 Å². The van der Waals surface area contributed by atoms with Crippen molar-refractivity contribution in [2.75, 3.05) is 19.6 Å². The Kier molecular flexibility index (Phi) is 4.11. The fourth-order valence-corrected chi connectivity index (χ4v) is 4.33. The van der Waals surface area contributed by atoms with Crippen LogP contribution in [0.1, 0.15) is 28.8 Å². The summed E-state index contributed by atoms with van der Waals surface area (Å²) >= 11 is 0. The van der Waals surface area contributed by atoms with E-state index in [0.29, 0.717) is 11.5 Å². The lowest BCUT2D eigenvalue weighted by Crippen LogP contribution is -2.63. The molecule has 0 saturated carbocycles. The first-order valence-corrected chi connectivity index (χ1v) is 8.89. The normalized spacial score (nSPS) is 28.5. The molecule has 2 aromatic carbocycles. The Balaban J connectivity index is 1.47. The largest absolute Gasteiger partial charge is 0.452 e. The summed E-state index contributed by atoms with van der Waals surface area (Å²) in [4.78, 5) is 12.4. The third kappa shape index (κ3) is 3.09. The summed E-state index contributed by atoms with van der Waals surface area (Å²) in [6, 6.07) is 20.1. The maximum Gasteiger partial charge on any atom is 0.338 e. The van der Waals surface area contributed by atoms with Crippen molar-refractivity contribution in [3.63, 3.8) is 0 Å². The number of hydrogen-bond donors (Lipinski definition) is 0. The second-order valence-electron chi connectivity index (χ2n) is 7.26. The van der Waals surface area contributed by atoms with Crippen LogP contribution >= 0.6 is 0 Å². The molecule has 0 aliphatic carbocycles. The molecule has 3 aliphatic heterocycles. The van der Waals surface area contributed by atoms with Crippen LogP contribution in [0.25, 0.3) is 0 Å². The molecule has 3 fully saturated rings. The molecule has 2 bridgehead atoms. The Hall–Kier alpha value is -2.13. The quantitative estimate of drug-likeness (QED) is 0.634. The number of benzene rings is 2. The van der Waals surface area contributed by atoms with Gasteiger partial charge in [0.05, 0.1) is 18.7 Å². The summed E-state index contributed by atoms with van der Waals surface area (Å²) in [5.74, 6) is 0.362. The highest BCUT2D eigenvalue weighted by molar-refractivity contribution is 5.89. The lowest BCUT2D eigenvalue weighted by molar-refractivity contribution is -0.958. The van der Waals surface area contributed by atoms with E-state index in [4.69, 9.17) is 4.74 Å². The smallest absolute Gasteiger partial charge is 0.338 e. The van der Waals surface area contributed by atoms with Crippen LogP contribution in [0.5, 0.6) is 0 Å². The summed E-state index contributed by atoms with van der Waals surface area (Å²) in [5.41, 5.74) is 2.04. The summed E-state index contributed by atoms with van der Waals surface area (Å²) in [5, 5.41) is 0. The van der Waals surface area contributed by atoms with Crippen LogP contribution in [0.2, 0.25) is 0 Å². The average molecular weight is 322 g/mol. The van der Waals surface area contributed by atoms with Crippen molar-refractivity contribution in [1.29, 1.82) is 0 Å². The van der Waals surface area contributed by atoms with Crippen molar-refractivity contribution in [1.82, 2.24) is 0 Å². The lowest BCUT2D eigenvalue weighted by Gasteiger charge is -2.52. The topological polar surface area (TPSA) is 26.3 Å². The van der Waals surface area contributed by atoms with E-state index in [1.807, 2.05) is 30.3 Å². The molecule has 0 radical (unpaired) electrons. The van der Waals surface area contributed by atoms with Gasteiger partial charge in [0.1, 0.15) is 13.1 Å². The minimum Gasteiger partial charge on any atom is -0.452 e. The Morgan fingerprint density at radius 3 is 2.25 bits per heavy atom. The number of hydrogen-bond acceptors (Lipinski definition) is 2. The van der Waals surface area contributed by atoms with Crippen LogP contribution < -0.4 is 0 Å². The predicted octanol–water partition coefficient (Wildman–Crippen LogP) is 3.65. The minimum atomic E-state index is -0.174. The third-order valence-electron chi connectivity index (χ3n) is 5.67. The highest BCUT2D eigenvalue weighted by atomic mass is 16.5. The molecule has 1 atom stereocenters. The summed E-state index contributed by atoms with van der Waals surface area (Å²) in [7, 11) is 0. The molecule has 0 amide bonds. The van der Waals surface area contributed by atoms with Gasteiger partial charge in [0.2, 0.25) is 0 Å². The van der Waals surface area contributed by atoms with Crippen LogP contribution in [-0.2, 0) is 11.3 Å². The zero-order valence-corrected chi connectivity index (χ0v) is 13.9. The molecule has 3 nitrogen and oxygen atoms in total. The first-order valence-electron chi connectivity index (χ1n) is 8.89. The van der Waals surface area contributed by atoms with Gasteiger partial charge in [0.25, 0.3) is 0 Å². The third-order valence-corrected chi connectivity index (χ3v) is 5.67. The monoisotopic (exact) mass is 322 g/mol. The minimum absolute atomic E-state index is 0.0592. The maximum atomic E-state index is 12.4. The van der Waals surface area contributed by atoms with Crippen LogP contribution in [0, 0.1) is 5.92 Å². The molecule has 0 unspecified atom stereocenters. The number of fused-ring (bicyclic) bond motifs is 3. The van der Waals surface area contributed by atoms with E-state index in [1.54, 1.807) is 0 Å². The second-order valence-corrected chi connectivity index (χ2v) is 7.26. The molecule has 24 heavy (non-hydrogen) atoms. The fraction of sp³-hybridized carbons (Fsp3) is 0.381. The van der Waals surface area contributed by atoms with E-state index in [1.165, 1.54) is 31.5 Å². The molecule has 3 saturated heterocycles. The maximum absolute atomic E-state index is 12.4. The first-order chi connectivity index (χ1) is 11.7. The molecule has 3 heterocycles. The van der Waals surface area contributed by atoms with Crippen molar-refractivity contribution in [2.45, 2.75) is 25.5 Å². The van der Waals surface area contributed by atoms with Crippen LogP contribution in [0.4, 0.5) is 0 Å². The van der Waals surface area contributed by atoms with E-state index >= 15 is 0 Å². The zero-order valence-electron chi connectivity index (χ0n) is 13.9. The molecular formula is C21H24NO2+. The predicted molar refractivity (Wildman–Crippen MR) is 93.4 cm³/mol. The molecule has 3 aliphatic rings. The molecule has 5 rings (SSSR count). The zero-order chi connectivity index (χ0) is 16.4. The van der Waals surface area contributed by atoms with Gasteiger partial charge in [-0.3, -0.25) is 0 Å². The van der Waals surface area contributed by atoms with Gasteiger partial charge in [0, 0.05) is 24.3 Å². The van der Waals surface area contributed by atoms with Crippen molar-refractivity contribution < 1.29 is 14.0 Å². The van der Waals surface area contributed by atoms with Gasteiger partial charge in [-0.15, -0.1) is 0 Å². The molecule has 0 spiro atoms. The molecule has 124 valence electrons. The Morgan fingerprint density at radius 1 is 0.958 bits per heavy atom. The van der Waals surface area contributed by atoms with Crippen molar-refractivity contribution >= 4 is 5.97 Å².